The van der Waals surface area contributed by atoms with Gasteiger partial charge >= 0.3 is 0 Å². The van der Waals surface area contributed by atoms with Gasteiger partial charge in [0.15, 0.2) is 18.2 Å². The third kappa shape index (κ3) is 4.93. The van der Waals surface area contributed by atoms with Crippen LogP contribution in [0, 0.1) is 0 Å². The van der Waals surface area contributed by atoms with Crippen LogP contribution in [0.25, 0.3) is 11.0 Å². The van der Waals surface area contributed by atoms with Crippen LogP contribution in [0.2, 0.25) is 0 Å². The number of anilines is 1. The van der Waals surface area contributed by atoms with Crippen molar-refractivity contribution < 1.29 is 24.1 Å². The average Bonchev–Trinajstić information content (AvgIpc) is 2.87. The third-order valence-electron chi connectivity index (χ3n) is 6.12. The van der Waals surface area contributed by atoms with Crippen molar-refractivity contribution in [3.63, 3.8) is 0 Å². The SMILES string of the molecule is COc1ccc2nccc(C[C@@H](O)[C@H]3CC[C@H](NCc4ccc5c(n4)NC(=O)CO5)CO3)c2n1. The molecule has 1 fully saturated rings. The molecule has 0 bridgehead atoms. The van der Waals surface area contributed by atoms with Crippen molar-refractivity contribution in [3.05, 3.63) is 47.8 Å². The molecule has 3 aromatic heterocycles. The third-order valence-corrected chi connectivity index (χ3v) is 6.12. The zero-order valence-electron chi connectivity index (χ0n) is 18.9. The van der Waals surface area contributed by atoms with Gasteiger partial charge in [-0.1, -0.05) is 0 Å². The summed E-state index contributed by atoms with van der Waals surface area (Å²) in [5.41, 5.74) is 3.21. The van der Waals surface area contributed by atoms with Crippen molar-refractivity contribution in [2.45, 2.75) is 44.1 Å². The van der Waals surface area contributed by atoms with E-state index in [0.717, 1.165) is 35.1 Å². The van der Waals surface area contributed by atoms with E-state index in [0.29, 0.717) is 37.0 Å². The van der Waals surface area contributed by atoms with Crippen molar-refractivity contribution in [2.24, 2.45) is 0 Å². The molecule has 1 amide bonds. The Kier molecular flexibility index (Phi) is 6.52. The fourth-order valence-corrected chi connectivity index (χ4v) is 4.28. The summed E-state index contributed by atoms with van der Waals surface area (Å²) in [5.74, 6) is 1.35. The smallest absolute Gasteiger partial charge is 0.263 e. The van der Waals surface area contributed by atoms with E-state index >= 15 is 0 Å². The molecule has 3 N–H and O–H groups in total. The summed E-state index contributed by atoms with van der Waals surface area (Å²) < 4.78 is 16.6. The molecule has 34 heavy (non-hydrogen) atoms. The lowest BCUT2D eigenvalue weighted by molar-refractivity contribution is -0.118. The second kappa shape index (κ2) is 9.88. The van der Waals surface area contributed by atoms with Crippen LogP contribution in [0.3, 0.4) is 0 Å². The highest BCUT2D eigenvalue weighted by Crippen LogP contribution is 2.26. The number of fused-ring (bicyclic) bond motifs is 2. The first kappa shape index (κ1) is 22.5. The number of nitrogens with one attached hydrogen (secondary N) is 2. The highest BCUT2D eigenvalue weighted by Gasteiger charge is 2.28. The fourth-order valence-electron chi connectivity index (χ4n) is 4.28. The molecular weight excluding hydrogens is 438 g/mol. The number of pyridine rings is 3. The van der Waals surface area contributed by atoms with E-state index in [1.54, 1.807) is 19.4 Å². The Labute approximate surface area is 196 Å². The number of ether oxygens (including phenoxy) is 3. The Morgan fingerprint density at radius 3 is 2.97 bits per heavy atom. The molecule has 3 atom stereocenters. The van der Waals surface area contributed by atoms with Crippen LogP contribution in [0.5, 0.6) is 11.6 Å². The fraction of sp³-hybridized carbons (Fsp3) is 0.417. The monoisotopic (exact) mass is 465 g/mol. The number of aliphatic hydroxyl groups excluding tert-OH is 1. The molecule has 5 heterocycles. The molecule has 10 nitrogen and oxygen atoms in total. The lowest BCUT2D eigenvalue weighted by Crippen LogP contribution is -2.44. The van der Waals surface area contributed by atoms with Crippen LogP contribution in [0.4, 0.5) is 5.82 Å². The van der Waals surface area contributed by atoms with Gasteiger partial charge in [0.1, 0.15) is 0 Å². The van der Waals surface area contributed by atoms with E-state index < -0.39 is 6.10 Å². The number of methoxy groups -OCH3 is 1. The Morgan fingerprint density at radius 1 is 1.24 bits per heavy atom. The molecule has 2 aliphatic heterocycles. The van der Waals surface area contributed by atoms with Gasteiger partial charge in [-0.15, -0.1) is 0 Å². The number of hydrogen-bond donors (Lipinski definition) is 3. The number of aliphatic hydroxyl groups is 1. The van der Waals surface area contributed by atoms with Crippen molar-refractivity contribution in [3.8, 4) is 11.6 Å². The van der Waals surface area contributed by atoms with E-state index in [-0.39, 0.29) is 24.7 Å². The number of hydrogen-bond acceptors (Lipinski definition) is 9. The summed E-state index contributed by atoms with van der Waals surface area (Å²) in [6.45, 7) is 1.05. The lowest BCUT2D eigenvalue weighted by atomic mass is 9.96. The molecule has 0 saturated carbocycles. The van der Waals surface area contributed by atoms with Crippen molar-refractivity contribution >= 4 is 22.8 Å². The molecule has 0 radical (unpaired) electrons. The highest BCUT2D eigenvalue weighted by molar-refractivity contribution is 5.94. The molecule has 0 spiro atoms. The highest BCUT2D eigenvalue weighted by atomic mass is 16.5. The van der Waals surface area contributed by atoms with Crippen LogP contribution in [-0.2, 0) is 22.5 Å². The van der Waals surface area contributed by atoms with Crippen molar-refractivity contribution in [2.75, 3.05) is 25.6 Å². The molecule has 178 valence electrons. The van der Waals surface area contributed by atoms with Crippen LogP contribution in [0.15, 0.2) is 36.5 Å². The molecular formula is C24H27N5O5. The van der Waals surface area contributed by atoms with Gasteiger partial charge < -0.3 is 30.0 Å². The first-order valence-corrected chi connectivity index (χ1v) is 11.3. The van der Waals surface area contributed by atoms with Gasteiger partial charge in [-0.05, 0) is 42.7 Å². The number of rotatable bonds is 7. The molecule has 0 aromatic carbocycles. The minimum absolute atomic E-state index is 0.0147. The number of carbonyl (C=O) groups excluding carboxylic acids is 1. The van der Waals surface area contributed by atoms with E-state index in [9.17, 15) is 9.90 Å². The normalized spacial score (nSPS) is 20.8. The Hall–Kier alpha value is -3.34. The Bertz CT molecular complexity index is 1180. The quantitative estimate of drug-likeness (QED) is 0.477. The van der Waals surface area contributed by atoms with E-state index in [1.807, 2.05) is 24.3 Å². The van der Waals surface area contributed by atoms with E-state index in [4.69, 9.17) is 14.2 Å². The van der Waals surface area contributed by atoms with Gasteiger partial charge in [0.2, 0.25) is 5.88 Å². The van der Waals surface area contributed by atoms with Crippen LogP contribution >= 0.6 is 0 Å². The standard InChI is InChI=1S/C24H27N5O5/c1-32-22-7-4-17-23(29-22)14(8-9-25-17)10-18(30)19-5-3-16(12-33-19)26-11-15-2-6-20-24(27-15)28-21(31)13-34-20/h2,4,6-9,16,18-19,26,30H,3,5,10-13H2,1H3,(H,27,28,31)/t16-,18+,19+/m0/s1. The number of amides is 1. The second-order valence-corrected chi connectivity index (χ2v) is 8.48. The van der Waals surface area contributed by atoms with Crippen molar-refractivity contribution in [1.29, 1.82) is 0 Å². The topological polar surface area (TPSA) is 128 Å². The Balaban J connectivity index is 1.14. The Morgan fingerprint density at radius 2 is 2.15 bits per heavy atom. The summed E-state index contributed by atoms with van der Waals surface area (Å²) in [5, 5.41) is 17.0. The molecule has 0 unspecified atom stereocenters. The van der Waals surface area contributed by atoms with E-state index in [2.05, 4.69) is 25.6 Å². The van der Waals surface area contributed by atoms with Crippen molar-refractivity contribution in [1.82, 2.24) is 20.3 Å². The van der Waals surface area contributed by atoms with Crippen LogP contribution in [-0.4, -0.2) is 64.5 Å². The van der Waals surface area contributed by atoms with Crippen LogP contribution in [0.1, 0.15) is 24.1 Å². The lowest BCUT2D eigenvalue weighted by Gasteiger charge is -2.32. The average molecular weight is 466 g/mol. The molecule has 10 heteroatoms. The maximum absolute atomic E-state index is 11.5. The second-order valence-electron chi connectivity index (χ2n) is 8.48. The predicted molar refractivity (Wildman–Crippen MR) is 124 cm³/mol. The van der Waals surface area contributed by atoms with Gasteiger partial charge in [0, 0.05) is 31.3 Å². The molecule has 3 aromatic rings. The summed E-state index contributed by atoms with van der Waals surface area (Å²) in [4.78, 5) is 24.8. The first-order chi connectivity index (χ1) is 16.6. The number of aromatic nitrogens is 3. The van der Waals surface area contributed by atoms with Gasteiger partial charge in [0.25, 0.3) is 5.91 Å². The molecule has 5 rings (SSSR count). The first-order valence-electron chi connectivity index (χ1n) is 11.3. The minimum Gasteiger partial charge on any atom is -0.481 e. The van der Waals surface area contributed by atoms with E-state index in [1.165, 1.54) is 0 Å². The number of carbonyl (C=O) groups is 1. The number of nitrogens with zero attached hydrogens (tertiary/aromatic N) is 3. The molecule has 2 aliphatic rings. The summed E-state index contributed by atoms with van der Waals surface area (Å²) >= 11 is 0. The zero-order chi connectivity index (χ0) is 23.5. The molecule has 1 saturated heterocycles. The molecule has 0 aliphatic carbocycles. The predicted octanol–water partition coefficient (Wildman–Crippen LogP) is 1.61. The van der Waals surface area contributed by atoms with Gasteiger partial charge in [-0.25, -0.2) is 9.97 Å². The van der Waals surface area contributed by atoms with Gasteiger partial charge in [-0.3, -0.25) is 9.78 Å². The maximum atomic E-state index is 11.5. The zero-order valence-corrected chi connectivity index (χ0v) is 18.9. The maximum Gasteiger partial charge on any atom is 0.263 e. The van der Waals surface area contributed by atoms with Crippen LogP contribution < -0.4 is 20.1 Å². The summed E-state index contributed by atoms with van der Waals surface area (Å²) in [6, 6.07) is 9.36. The largest absolute Gasteiger partial charge is 0.481 e. The van der Waals surface area contributed by atoms with Gasteiger partial charge in [-0.2, -0.15) is 0 Å². The summed E-state index contributed by atoms with van der Waals surface area (Å²) in [7, 11) is 1.58. The van der Waals surface area contributed by atoms with Gasteiger partial charge in [0.05, 0.1) is 42.7 Å². The minimum atomic E-state index is -0.648. The summed E-state index contributed by atoms with van der Waals surface area (Å²) in [6.07, 6.45) is 2.86.